The number of benzene rings is 1. The molecule has 1 unspecified atom stereocenters. The molecule has 1 atom stereocenters. The standard InChI is InChI=1S/C13H19FN2/c1-3-11-9-16(8-7-15-11)13-10(2)5-4-6-12(13)14/h4-6,11,15H,3,7-9H2,1-2H3. The fourth-order valence-electron chi connectivity index (χ4n) is 2.33. The summed E-state index contributed by atoms with van der Waals surface area (Å²) in [5, 5.41) is 3.44. The molecule has 1 aliphatic rings. The van der Waals surface area contributed by atoms with Gasteiger partial charge in [0.15, 0.2) is 0 Å². The number of nitrogens with zero attached hydrogens (tertiary/aromatic N) is 1. The summed E-state index contributed by atoms with van der Waals surface area (Å²) in [5.41, 5.74) is 1.80. The van der Waals surface area contributed by atoms with Gasteiger partial charge in [-0.1, -0.05) is 19.1 Å². The summed E-state index contributed by atoms with van der Waals surface area (Å²) in [7, 11) is 0. The van der Waals surface area contributed by atoms with E-state index in [0.717, 1.165) is 37.3 Å². The van der Waals surface area contributed by atoms with Crippen molar-refractivity contribution in [3.8, 4) is 0 Å². The predicted octanol–water partition coefficient (Wildman–Crippen LogP) is 2.32. The average molecular weight is 222 g/mol. The van der Waals surface area contributed by atoms with E-state index >= 15 is 0 Å². The highest BCUT2D eigenvalue weighted by Gasteiger charge is 2.21. The number of hydrogen-bond acceptors (Lipinski definition) is 2. The van der Waals surface area contributed by atoms with Crippen LogP contribution in [0.25, 0.3) is 0 Å². The molecule has 0 bridgehead atoms. The molecule has 0 saturated carbocycles. The van der Waals surface area contributed by atoms with Gasteiger partial charge in [0.2, 0.25) is 0 Å². The van der Waals surface area contributed by atoms with Crippen LogP contribution in [0.15, 0.2) is 18.2 Å². The second-order valence-corrected chi connectivity index (χ2v) is 4.41. The summed E-state index contributed by atoms with van der Waals surface area (Å²) in [6.45, 7) is 6.86. The lowest BCUT2D eigenvalue weighted by atomic mass is 10.1. The highest BCUT2D eigenvalue weighted by molar-refractivity contribution is 5.54. The SMILES string of the molecule is CCC1CN(c2c(C)cccc2F)CCN1. The van der Waals surface area contributed by atoms with Crippen molar-refractivity contribution < 1.29 is 4.39 Å². The third-order valence-corrected chi connectivity index (χ3v) is 3.25. The average Bonchev–Trinajstić information content (AvgIpc) is 2.29. The van der Waals surface area contributed by atoms with Crippen LogP contribution in [-0.2, 0) is 0 Å². The number of anilines is 1. The van der Waals surface area contributed by atoms with Crippen molar-refractivity contribution in [2.75, 3.05) is 24.5 Å². The van der Waals surface area contributed by atoms with E-state index in [4.69, 9.17) is 0 Å². The first-order valence-electron chi connectivity index (χ1n) is 5.95. The zero-order valence-corrected chi connectivity index (χ0v) is 9.96. The number of rotatable bonds is 2. The van der Waals surface area contributed by atoms with Gasteiger partial charge < -0.3 is 10.2 Å². The molecule has 1 saturated heterocycles. The second kappa shape index (κ2) is 4.83. The molecular formula is C13H19FN2. The molecular weight excluding hydrogens is 203 g/mol. The Hall–Kier alpha value is -1.09. The number of hydrogen-bond donors (Lipinski definition) is 1. The van der Waals surface area contributed by atoms with Crippen molar-refractivity contribution >= 4 is 5.69 Å². The smallest absolute Gasteiger partial charge is 0.146 e. The molecule has 2 rings (SSSR count). The zero-order chi connectivity index (χ0) is 11.5. The van der Waals surface area contributed by atoms with Crippen LogP contribution in [0.5, 0.6) is 0 Å². The number of aryl methyl sites for hydroxylation is 1. The minimum absolute atomic E-state index is 0.100. The fraction of sp³-hybridized carbons (Fsp3) is 0.538. The fourth-order valence-corrected chi connectivity index (χ4v) is 2.33. The highest BCUT2D eigenvalue weighted by Crippen LogP contribution is 2.24. The van der Waals surface area contributed by atoms with Crippen molar-refractivity contribution in [2.24, 2.45) is 0 Å². The quantitative estimate of drug-likeness (QED) is 0.826. The van der Waals surface area contributed by atoms with Gasteiger partial charge in [-0.2, -0.15) is 0 Å². The molecule has 3 heteroatoms. The van der Waals surface area contributed by atoms with Gasteiger partial charge in [-0.05, 0) is 25.0 Å². The monoisotopic (exact) mass is 222 g/mol. The van der Waals surface area contributed by atoms with Crippen LogP contribution in [0.2, 0.25) is 0 Å². The lowest BCUT2D eigenvalue weighted by Gasteiger charge is -2.35. The molecule has 88 valence electrons. The van der Waals surface area contributed by atoms with Crippen LogP contribution in [0.4, 0.5) is 10.1 Å². The van der Waals surface area contributed by atoms with Crippen molar-refractivity contribution in [1.82, 2.24) is 5.32 Å². The molecule has 2 nitrogen and oxygen atoms in total. The maximum atomic E-state index is 13.8. The molecule has 0 aromatic heterocycles. The van der Waals surface area contributed by atoms with E-state index in [0.29, 0.717) is 6.04 Å². The van der Waals surface area contributed by atoms with Gasteiger partial charge in [0.05, 0.1) is 5.69 Å². The first-order valence-corrected chi connectivity index (χ1v) is 5.95. The summed E-state index contributed by atoms with van der Waals surface area (Å²) in [4.78, 5) is 2.16. The molecule has 0 radical (unpaired) electrons. The summed E-state index contributed by atoms with van der Waals surface area (Å²) in [6, 6.07) is 5.77. The molecule has 0 amide bonds. The van der Waals surface area contributed by atoms with Gasteiger partial charge in [0, 0.05) is 25.7 Å². The molecule has 1 aromatic rings. The van der Waals surface area contributed by atoms with Crippen molar-refractivity contribution in [3.63, 3.8) is 0 Å². The largest absolute Gasteiger partial charge is 0.366 e. The Morgan fingerprint density at radius 3 is 3.00 bits per heavy atom. The maximum Gasteiger partial charge on any atom is 0.146 e. The van der Waals surface area contributed by atoms with Crippen LogP contribution in [0.3, 0.4) is 0 Å². The van der Waals surface area contributed by atoms with E-state index in [1.807, 2.05) is 13.0 Å². The Labute approximate surface area is 96.5 Å². The van der Waals surface area contributed by atoms with E-state index in [-0.39, 0.29) is 5.82 Å². The first-order chi connectivity index (χ1) is 7.72. The molecule has 0 spiro atoms. The van der Waals surface area contributed by atoms with Gasteiger partial charge in [0.1, 0.15) is 5.82 Å². The van der Waals surface area contributed by atoms with E-state index in [1.54, 1.807) is 12.1 Å². The van der Waals surface area contributed by atoms with Crippen LogP contribution in [0, 0.1) is 12.7 Å². The van der Waals surface area contributed by atoms with E-state index in [1.165, 1.54) is 0 Å². The van der Waals surface area contributed by atoms with Crippen LogP contribution in [-0.4, -0.2) is 25.7 Å². The van der Waals surface area contributed by atoms with E-state index in [2.05, 4.69) is 17.1 Å². The van der Waals surface area contributed by atoms with Gasteiger partial charge in [-0.3, -0.25) is 0 Å². The Morgan fingerprint density at radius 1 is 1.50 bits per heavy atom. The van der Waals surface area contributed by atoms with Crippen LogP contribution >= 0.6 is 0 Å². The number of halogens is 1. The first kappa shape index (κ1) is 11.4. The molecule has 16 heavy (non-hydrogen) atoms. The normalized spacial score (nSPS) is 21.2. The van der Waals surface area contributed by atoms with Crippen LogP contribution < -0.4 is 10.2 Å². The Kier molecular flexibility index (Phi) is 3.44. The Balaban J connectivity index is 2.23. The van der Waals surface area contributed by atoms with E-state index in [9.17, 15) is 4.39 Å². The highest BCUT2D eigenvalue weighted by atomic mass is 19.1. The Morgan fingerprint density at radius 2 is 2.31 bits per heavy atom. The second-order valence-electron chi connectivity index (χ2n) is 4.41. The van der Waals surface area contributed by atoms with Crippen LogP contribution in [0.1, 0.15) is 18.9 Å². The van der Waals surface area contributed by atoms with Gasteiger partial charge in [-0.25, -0.2) is 4.39 Å². The minimum atomic E-state index is -0.100. The van der Waals surface area contributed by atoms with Crippen molar-refractivity contribution in [3.05, 3.63) is 29.6 Å². The third kappa shape index (κ3) is 2.19. The van der Waals surface area contributed by atoms with Crippen molar-refractivity contribution in [1.29, 1.82) is 0 Å². The molecule has 0 aliphatic carbocycles. The molecule has 1 N–H and O–H groups in total. The van der Waals surface area contributed by atoms with E-state index < -0.39 is 0 Å². The summed E-state index contributed by atoms with van der Waals surface area (Å²) < 4.78 is 13.8. The molecule has 1 aliphatic heterocycles. The lowest BCUT2D eigenvalue weighted by molar-refractivity contribution is 0.442. The summed E-state index contributed by atoms with van der Waals surface area (Å²) >= 11 is 0. The zero-order valence-electron chi connectivity index (χ0n) is 9.96. The molecule has 1 aromatic carbocycles. The minimum Gasteiger partial charge on any atom is -0.366 e. The van der Waals surface area contributed by atoms with Crippen molar-refractivity contribution in [2.45, 2.75) is 26.3 Å². The topological polar surface area (TPSA) is 15.3 Å². The van der Waals surface area contributed by atoms with Gasteiger partial charge in [0.25, 0.3) is 0 Å². The van der Waals surface area contributed by atoms with Gasteiger partial charge >= 0.3 is 0 Å². The number of nitrogens with one attached hydrogen (secondary N) is 1. The Bertz CT molecular complexity index is 345. The molecule has 1 heterocycles. The lowest BCUT2D eigenvalue weighted by Crippen LogP contribution is -2.50. The van der Waals surface area contributed by atoms with Gasteiger partial charge in [-0.15, -0.1) is 0 Å². The maximum absolute atomic E-state index is 13.8. The predicted molar refractivity (Wildman–Crippen MR) is 65.4 cm³/mol. The molecule has 1 fully saturated rings. The summed E-state index contributed by atoms with van der Waals surface area (Å²) in [6.07, 6.45) is 1.09. The number of piperazine rings is 1. The summed E-state index contributed by atoms with van der Waals surface area (Å²) in [5.74, 6) is -0.100. The third-order valence-electron chi connectivity index (χ3n) is 3.25. The number of para-hydroxylation sites is 1.